The number of hydrogen-bond acceptors (Lipinski definition) is 2. The highest BCUT2D eigenvalue weighted by molar-refractivity contribution is 9.10. The third-order valence-electron chi connectivity index (χ3n) is 2.95. The molecule has 0 saturated heterocycles. The van der Waals surface area contributed by atoms with Crippen LogP contribution in [0.2, 0.25) is 0 Å². The van der Waals surface area contributed by atoms with Gasteiger partial charge >= 0.3 is 5.97 Å². The maximum absolute atomic E-state index is 11.3. The van der Waals surface area contributed by atoms with Crippen LogP contribution in [0.1, 0.15) is 43.6 Å². The number of aliphatic hydroxyl groups is 1. The molecule has 1 aromatic rings. The number of benzene rings is 1. The third-order valence-corrected chi connectivity index (χ3v) is 3.44. The lowest BCUT2D eigenvalue weighted by Crippen LogP contribution is -2.11. The summed E-state index contributed by atoms with van der Waals surface area (Å²) in [6, 6.07) is 7.48. The van der Waals surface area contributed by atoms with E-state index in [0.717, 1.165) is 35.7 Å². The number of halogens is 1. The molecule has 0 heterocycles. The van der Waals surface area contributed by atoms with Gasteiger partial charge in [-0.1, -0.05) is 47.3 Å². The Kier molecular flexibility index (Phi) is 6.98. The second kappa shape index (κ2) is 8.27. The molecule has 4 heteroatoms. The zero-order valence-corrected chi connectivity index (χ0v) is 11.9. The van der Waals surface area contributed by atoms with Crippen molar-refractivity contribution in [2.75, 3.05) is 6.61 Å². The zero-order chi connectivity index (χ0) is 13.4. The SMILES string of the molecule is O=C(O)C(CCCCCCO)c1cccc(Br)c1. The van der Waals surface area contributed by atoms with Gasteiger partial charge in [0.25, 0.3) is 0 Å². The van der Waals surface area contributed by atoms with E-state index >= 15 is 0 Å². The van der Waals surface area contributed by atoms with Gasteiger partial charge in [0.1, 0.15) is 0 Å². The van der Waals surface area contributed by atoms with Crippen LogP contribution in [-0.2, 0) is 4.79 Å². The Morgan fingerprint density at radius 3 is 2.56 bits per heavy atom. The van der Waals surface area contributed by atoms with E-state index in [-0.39, 0.29) is 6.61 Å². The minimum Gasteiger partial charge on any atom is -0.481 e. The molecule has 0 radical (unpaired) electrons. The average Bonchev–Trinajstić information content (AvgIpc) is 2.33. The van der Waals surface area contributed by atoms with Crippen LogP contribution in [0.4, 0.5) is 0 Å². The molecule has 0 spiro atoms. The number of hydrogen-bond donors (Lipinski definition) is 2. The molecule has 1 aromatic carbocycles. The second-order valence-electron chi connectivity index (χ2n) is 4.37. The molecule has 0 aliphatic carbocycles. The van der Waals surface area contributed by atoms with Crippen LogP contribution in [0.15, 0.2) is 28.7 Å². The molecule has 0 saturated carbocycles. The van der Waals surface area contributed by atoms with Crippen molar-refractivity contribution in [3.8, 4) is 0 Å². The molecule has 1 atom stereocenters. The molecule has 0 aromatic heterocycles. The highest BCUT2D eigenvalue weighted by atomic mass is 79.9. The molecule has 18 heavy (non-hydrogen) atoms. The Morgan fingerprint density at radius 1 is 1.22 bits per heavy atom. The minimum absolute atomic E-state index is 0.216. The monoisotopic (exact) mass is 314 g/mol. The number of aliphatic carboxylic acids is 1. The largest absolute Gasteiger partial charge is 0.481 e. The second-order valence-corrected chi connectivity index (χ2v) is 5.29. The first kappa shape index (κ1) is 15.2. The standard InChI is InChI=1S/C14H19BrO3/c15-12-7-5-6-11(10-12)13(14(17)18)8-3-1-2-4-9-16/h5-7,10,13,16H,1-4,8-9H2,(H,17,18). The highest BCUT2D eigenvalue weighted by Crippen LogP contribution is 2.25. The number of unbranched alkanes of at least 4 members (excludes halogenated alkanes) is 3. The summed E-state index contributed by atoms with van der Waals surface area (Å²) < 4.78 is 0.909. The smallest absolute Gasteiger partial charge is 0.310 e. The third kappa shape index (κ3) is 5.19. The van der Waals surface area contributed by atoms with Crippen LogP contribution in [0.5, 0.6) is 0 Å². The Balaban J connectivity index is 2.53. The van der Waals surface area contributed by atoms with Crippen LogP contribution < -0.4 is 0 Å². The van der Waals surface area contributed by atoms with E-state index in [1.54, 1.807) is 0 Å². The summed E-state index contributed by atoms with van der Waals surface area (Å²) >= 11 is 3.36. The van der Waals surface area contributed by atoms with E-state index in [2.05, 4.69) is 15.9 Å². The molecule has 1 rings (SSSR count). The number of rotatable bonds is 8. The molecular formula is C14H19BrO3. The predicted octanol–water partition coefficient (Wildman–Crippen LogP) is 3.56. The quantitative estimate of drug-likeness (QED) is 0.721. The van der Waals surface area contributed by atoms with Crippen molar-refractivity contribution in [2.24, 2.45) is 0 Å². The maximum Gasteiger partial charge on any atom is 0.310 e. The Labute approximate surface area is 116 Å². The van der Waals surface area contributed by atoms with Gasteiger partial charge in [0.15, 0.2) is 0 Å². The zero-order valence-electron chi connectivity index (χ0n) is 10.3. The van der Waals surface area contributed by atoms with Crippen molar-refractivity contribution in [1.82, 2.24) is 0 Å². The summed E-state index contributed by atoms with van der Waals surface area (Å²) in [6.07, 6.45) is 4.26. The van der Waals surface area contributed by atoms with Gasteiger partial charge in [0.05, 0.1) is 5.92 Å². The van der Waals surface area contributed by atoms with Gasteiger partial charge in [-0.3, -0.25) is 4.79 Å². The van der Waals surface area contributed by atoms with Gasteiger partial charge in [-0.15, -0.1) is 0 Å². The van der Waals surface area contributed by atoms with Crippen LogP contribution >= 0.6 is 15.9 Å². The molecule has 0 aliphatic rings. The van der Waals surface area contributed by atoms with E-state index in [0.29, 0.717) is 6.42 Å². The molecule has 0 aliphatic heterocycles. The maximum atomic E-state index is 11.3. The first-order chi connectivity index (χ1) is 8.65. The Hall–Kier alpha value is -0.870. The minimum atomic E-state index is -0.768. The normalized spacial score (nSPS) is 12.3. The summed E-state index contributed by atoms with van der Waals surface area (Å²) in [6.45, 7) is 0.216. The molecule has 3 nitrogen and oxygen atoms in total. The molecule has 0 amide bonds. The van der Waals surface area contributed by atoms with Crippen molar-refractivity contribution in [1.29, 1.82) is 0 Å². The van der Waals surface area contributed by atoms with E-state index < -0.39 is 11.9 Å². The van der Waals surface area contributed by atoms with Gasteiger partial charge in [-0.2, -0.15) is 0 Å². The Bertz CT molecular complexity index is 379. The van der Waals surface area contributed by atoms with E-state index in [1.807, 2.05) is 24.3 Å². The summed E-state index contributed by atoms with van der Waals surface area (Å²) in [4.78, 5) is 11.3. The van der Waals surface area contributed by atoms with Crippen molar-refractivity contribution >= 4 is 21.9 Å². The van der Waals surface area contributed by atoms with Crippen LogP contribution in [-0.4, -0.2) is 22.8 Å². The summed E-state index contributed by atoms with van der Waals surface area (Å²) in [5.41, 5.74) is 0.846. The fourth-order valence-corrected chi connectivity index (χ4v) is 2.39. The van der Waals surface area contributed by atoms with Gasteiger partial charge in [0, 0.05) is 11.1 Å². The van der Waals surface area contributed by atoms with Crippen molar-refractivity contribution in [3.63, 3.8) is 0 Å². The van der Waals surface area contributed by atoms with Crippen LogP contribution in [0.25, 0.3) is 0 Å². The average molecular weight is 315 g/mol. The summed E-state index contributed by atoms with van der Waals surface area (Å²) in [5.74, 6) is -1.20. The van der Waals surface area contributed by atoms with Crippen LogP contribution in [0, 0.1) is 0 Å². The first-order valence-corrected chi connectivity index (χ1v) is 7.03. The van der Waals surface area contributed by atoms with Gasteiger partial charge in [0.2, 0.25) is 0 Å². The number of carbonyl (C=O) groups is 1. The fraction of sp³-hybridized carbons (Fsp3) is 0.500. The fourth-order valence-electron chi connectivity index (χ4n) is 1.97. The molecule has 100 valence electrons. The number of carboxylic acid groups (broad SMARTS) is 1. The molecule has 0 fully saturated rings. The molecule has 2 N–H and O–H groups in total. The van der Waals surface area contributed by atoms with Crippen LogP contribution in [0.3, 0.4) is 0 Å². The van der Waals surface area contributed by atoms with Gasteiger partial charge < -0.3 is 10.2 Å². The predicted molar refractivity (Wildman–Crippen MR) is 74.7 cm³/mol. The first-order valence-electron chi connectivity index (χ1n) is 6.24. The van der Waals surface area contributed by atoms with Crippen molar-refractivity contribution < 1.29 is 15.0 Å². The summed E-state index contributed by atoms with van der Waals surface area (Å²) in [7, 11) is 0. The highest BCUT2D eigenvalue weighted by Gasteiger charge is 2.19. The Morgan fingerprint density at radius 2 is 1.94 bits per heavy atom. The number of carboxylic acids is 1. The summed E-state index contributed by atoms with van der Waals surface area (Å²) in [5, 5.41) is 17.9. The van der Waals surface area contributed by atoms with E-state index in [1.165, 1.54) is 0 Å². The molecular weight excluding hydrogens is 296 g/mol. The van der Waals surface area contributed by atoms with E-state index in [4.69, 9.17) is 5.11 Å². The lowest BCUT2D eigenvalue weighted by atomic mass is 9.93. The lowest BCUT2D eigenvalue weighted by molar-refractivity contribution is -0.139. The lowest BCUT2D eigenvalue weighted by Gasteiger charge is -2.12. The van der Waals surface area contributed by atoms with Gasteiger partial charge in [-0.05, 0) is 30.5 Å². The molecule has 1 unspecified atom stereocenters. The van der Waals surface area contributed by atoms with Crippen molar-refractivity contribution in [3.05, 3.63) is 34.3 Å². The number of aliphatic hydroxyl groups excluding tert-OH is 1. The molecule has 0 bridgehead atoms. The van der Waals surface area contributed by atoms with Gasteiger partial charge in [-0.25, -0.2) is 0 Å². The van der Waals surface area contributed by atoms with Crippen molar-refractivity contribution in [2.45, 2.75) is 38.0 Å². The van der Waals surface area contributed by atoms with E-state index in [9.17, 15) is 9.90 Å². The topological polar surface area (TPSA) is 57.5 Å².